The summed E-state index contributed by atoms with van der Waals surface area (Å²) in [4.78, 5) is 9.53. The van der Waals surface area contributed by atoms with E-state index in [1.54, 1.807) is 0 Å². The average Bonchev–Trinajstić information content (AvgIpc) is 2.25. The molecule has 0 aromatic heterocycles. The summed E-state index contributed by atoms with van der Waals surface area (Å²) in [7, 11) is 0. The van der Waals surface area contributed by atoms with Crippen LogP contribution in [0.3, 0.4) is 0 Å². The fourth-order valence-electron chi connectivity index (χ4n) is 1.23. The first-order valence-corrected chi connectivity index (χ1v) is 4.69. The van der Waals surface area contributed by atoms with E-state index in [4.69, 9.17) is 16.9 Å². The van der Waals surface area contributed by atoms with Crippen molar-refractivity contribution in [3.05, 3.63) is 38.9 Å². The van der Waals surface area contributed by atoms with Crippen LogP contribution in [0.15, 0.2) is 12.1 Å². The van der Waals surface area contributed by atoms with Gasteiger partial charge in [0.15, 0.2) is 0 Å². The lowest BCUT2D eigenvalue weighted by Crippen LogP contribution is -2.08. The summed E-state index contributed by atoms with van der Waals surface area (Å²) in [6.45, 7) is 0. The Hall–Kier alpha value is -1.81. The largest absolute Gasteiger partial charge is 0.416 e. The molecular weight excluding hydrogens is 261 g/mol. The van der Waals surface area contributed by atoms with Crippen LogP contribution in [-0.4, -0.2) is 4.92 Å². The van der Waals surface area contributed by atoms with Crippen LogP contribution in [0.2, 0.25) is 0 Å². The number of hydrogen-bond acceptors (Lipinski definition) is 3. The Bertz CT molecular complexity index is 508. The zero-order chi connectivity index (χ0) is 13.2. The Morgan fingerprint density at radius 3 is 2.41 bits per heavy atom. The molecule has 1 aromatic rings. The van der Waals surface area contributed by atoms with E-state index in [1.807, 2.05) is 0 Å². The molecule has 0 radical (unpaired) electrons. The molecule has 0 aliphatic carbocycles. The maximum absolute atomic E-state index is 12.4. The lowest BCUT2D eigenvalue weighted by molar-refractivity contribution is -0.385. The highest BCUT2D eigenvalue weighted by Gasteiger charge is 2.34. The Balaban J connectivity index is 3.59. The monoisotopic (exact) mass is 264 g/mol. The van der Waals surface area contributed by atoms with Crippen molar-refractivity contribution in [1.82, 2.24) is 0 Å². The molecular formula is C9H4ClF3N2O2. The quantitative estimate of drug-likeness (QED) is 0.468. The molecule has 0 heterocycles. The fraction of sp³-hybridized carbons (Fsp3) is 0.222. The minimum atomic E-state index is -4.72. The lowest BCUT2D eigenvalue weighted by atomic mass is 10.0. The van der Waals surface area contributed by atoms with Crippen molar-refractivity contribution in [2.45, 2.75) is 12.1 Å². The number of nitro benzene ring substituents is 1. The molecule has 4 nitrogen and oxygen atoms in total. The second-order valence-corrected chi connectivity index (χ2v) is 3.30. The molecule has 0 aliphatic rings. The summed E-state index contributed by atoms with van der Waals surface area (Å²) in [5, 5.41) is 19.3. The van der Waals surface area contributed by atoms with Gasteiger partial charge in [-0.2, -0.15) is 18.4 Å². The van der Waals surface area contributed by atoms with Gasteiger partial charge in [-0.1, -0.05) is 0 Å². The van der Waals surface area contributed by atoms with E-state index in [9.17, 15) is 23.3 Å². The van der Waals surface area contributed by atoms with Gasteiger partial charge in [0, 0.05) is 11.9 Å². The molecule has 1 aromatic carbocycles. The maximum Gasteiger partial charge on any atom is 0.416 e. The minimum Gasteiger partial charge on any atom is -0.258 e. The van der Waals surface area contributed by atoms with E-state index in [2.05, 4.69) is 0 Å². The molecule has 1 rings (SSSR count). The van der Waals surface area contributed by atoms with Crippen LogP contribution < -0.4 is 0 Å². The highest BCUT2D eigenvalue weighted by atomic mass is 35.5. The van der Waals surface area contributed by atoms with Gasteiger partial charge in [-0.3, -0.25) is 10.1 Å². The van der Waals surface area contributed by atoms with Crippen LogP contribution in [0.25, 0.3) is 0 Å². The van der Waals surface area contributed by atoms with Gasteiger partial charge in [0.05, 0.1) is 10.5 Å². The smallest absolute Gasteiger partial charge is 0.258 e. The Labute approximate surface area is 98.4 Å². The van der Waals surface area contributed by atoms with Gasteiger partial charge >= 0.3 is 6.18 Å². The van der Waals surface area contributed by atoms with E-state index in [0.29, 0.717) is 12.1 Å². The predicted octanol–water partition coefficient (Wildman–Crippen LogP) is 3.22. The predicted molar refractivity (Wildman–Crippen MR) is 52.4 cm³/mol. The van der Waals surface area contributed by atoms with Crippen molar-refractivity contribution in [2.75, 3.05) is 0 Å². The molecule has 17 heavy (non-hydrogen) atoms. The topological polar surface area (TPSA) is 66.9 Å². The number of halogens is 4. The van der Waals surface area contributed by atoms with Crippen LogP contribution >= 0.6 is 11.6 Å². The molecule has 0 bridgehead atoms. The summed E-state index contributed by atoms with van der Waals surface area (Å²) in [5.74, 6) is -0.409. The molecule has 8 heteroatoms. The Kier molecular flexibility index (Phi) is 3.58. The van der Waals surface area contributed by atoms with Gasteiger partial charge in [-0.25, -0.2) is 0 Å². The van der Waals surface area contributed by atoms with Gasteiger partial charge in [0.1, 0.15) is 11.6 Å². The highest BCUT2D eigenvalue weighted by molar-refractivity contribution is 6.17. The molecule has 0 atom stereocenters. The molecule has 0 unspecified atom stereocenters. The van der Waals surface area contributed by atoms with Crippen LogP contribution in [0.1, 0.15) is 16.7 Å². The molecule has 0 N–H and O–H groups in total. The number of nitro groups is 1. The molecule has 0 aliphatic heterocycles. The first-order valence-electron chi connectivity index (χ1n) is 4.15. The summed E-state index contributed by atoms with van der Waals surface area (Å²) >= 11 is 5.37. The summed E-state index contributed by atoms with van der Waals surface area (Å²) in [6.07, 6.45) is -4.72. The molecule has 0 amide bonds. The number of nitrogens with zero attached hydrogens (tertiary/aromatic N) is 2. The summed E-state index contributed by atoms with van der Waals surface area (Å²) < 4.78 is 37.3. The molecule has 0 saturated heterocycles. The molecule has 90 valence electrons. The Morgan fingerprint density at radius 1 is 1.47 bits per heavy atom. The second-order valence-electron chi connectivity index (χ2n) is 3.03. The van der Waals surface area contributed by atoms with Crippen LogP contribution in [0, 0.1) is 21.4 Å². The number of rotatable bonds is 2. The summed E-state index contributed by atoms with van der Waals surface area (Å²) in [6, 6.07) is 2.45. The van der Waals surface area contributed by atoms with E-state index >= 15 is 0 Å². The van der Waals surface area contributed by atoms with Crippen LogP contribution in [0.5, 0.6) is 0 Å². The van der Waals surface area contributed by atoms with Crippen molar-refractivity contribution < 1.29 is 18.1 Å². The molecule has 0 spiro atoms. The average molecular weight is 265 g/mol. The SMILES string of the molecule is N#Cc1c(CCl)cc(C(F)(F)F)cc1[N+](=O)[O-]. The van der Waals surface area contributed by atoms with E-state index < -0.39 is 33.8 Å². The highest BCUT2D eigenvalue weighted by Crippen LogP contribution is 2.35. The normalized spacial score (nSPS) is 11.0. The molecule has 0 fully saturated rings. The van der Waals surface area contributed by atoms with Gasteiger partial charge < -0.3 is 0 Å². The first kappa shape index (κ1) is 13.3. The van der Waals surface area contributed by atoms with Crippen molar-refractivity contribution in [3.8, 4) is 6.07 Å². The summed E-state index contributed by atoms with van der Waals surface area (Å²) in [5.41, 5.74) is -2.74. The van der Waals surface area contributed by atoms with Crippen molar-refractivity contribution in [3.63, 3.8) is 0 Å². The zero-order valence-electron chi connectivity index (χ0n) is 8.08. The first-order chi connectivity index (χ1) is 7.81. The number of nitriles is 1. The lowest BCUT2D eigenvalue weighted by Gasteiger charge is -2.09. The van der Waals surface area contributed by atoms with Gasteiger partial charge in [0.2, 0.25) is 0 Å². The van der Waals surface area contributed by atoms with Gasteiger partial charge in [0.25, 0.3) is 5.69 Å². The van der Waals surface area contributed by atoms with Crippen LogP contribution in [0.4, 0.5) is 18.9 Å². The third kappa shape index (κ3) is 2.65. The Morgan fingerprint density at radius 2 is 2.06 bits per heavy atom. The third-order valence-corrected chi connectivity index (χ3v) is 2.27. The van der Waals surface area contributed by atoms with Crippen LogP contribution in [-0.2, 0) is 12.1 Å². The molecule has 0 saturated carbocycles. The van der Waals surface area contributed by atoms with E-state index in [1.165, 1.54) is 6.07 Å². The third-order valence-electron chi connectivity index (χ3n) is 1.98. The minimum absolute atomic E-state index is 0.212. The van der Waals surface area contributed by atoms with Gasteiger partial charge in [-0.05, 0) is 11.6 Å². The second kappa shape index (κ2) is 4.59. The van der Waals surface area contributed by atoms with Crippen molar-refractivity contribution in [2.24, 2.45) is 0 Å². The number of alkyl halides is 4. The van der Waals surface area contributed by atoms with Crippen molar-refractivity contribution >= 4 is 17.3 Å². The van der Waals surface area contributed by atoms with Gasteiger partial charge in [-0.15, -0.1) is 11.6 Å². The number of benzene rings is 1. The fourth-order valence-corrected chi connectivity index (χ4v) is 1.44. The standard InChI is InChI=1S/C9H4ClF3N2O2/c10-3-5-1-6(9(11,12)13)2-8(15(16)17)7(5)4-14/h1-2H,3H2. The van der Waals surface area contributed by atoms with Crippen molar-refractivity contribution in [1.29, 1.82) is 5.26 Å². The van der Waals surface area contributed by atoms with E-state index in [0.717, 1.165) is 0 Å². The van der Waals surface area contributed by atoms with E-state index in [-0.39, 0.29) is 5.56 Å². The number of hydrogen-bond donors (Lipinski definition) is 0. The zero-order valence-corrected chi connectivity index (χ0v) is 8.84. The maximum atomic E-state index is 12.4.